The van der Waals surface area contributed by atoms with E-state index in [2.05, 4.69) is 59.6 Å². The van der Waals surface area contributed by atoms with Gasteiger partial charge in [-0.25, -0.2) is 13.1 Å². The number of nitriles is 2. The van der Waals surface area contributed by atoms with Crippen LogP contribution in [0.3, 0.4) is 0 Å². The minimum atomic E-state index is -1.36. The lowest BCUT2D eigenvalue weighted by Gasteiger charge is -2.17. The number of hydrogen-bond donors (Lipinski definition) is 4. The van der Waals surface area contributed by atoms with E-state index in [0.717, 1.165) is 0 Å². The summed E-state index contributed by atoms with van der Waals surface area (Å²) in [6, 6.07) is 3.86. The molecule has 1 amide bonds. The Balaban J connectivity index is -0.000000818. The Bertz CT molecular complexity index is 1410. The standard InChI is InChI=1S/C19H23N5O2.C12H16N4O4.C3H5N/c1-6-8-9-16(25)10-13-19(4,21-5)24-23-18(3,15-20)12-11-17(26)22-14-7-2;1-11(8-13,6-4-9(17)18)15-16-12(2,14-3)7-5-10(19)20;1-2-3-4/h1-2H,8-14H2,3-4H3,(H,22,26);4-7H2,1-2H3,(H,17,18)(H,19,20);1H,3-4H2. The second-order valence-corrected chi connectivity index (χ2v) is 11.2. The Labute approximate surface area is 294 Å². The SMILES string of the molecule is C#CCN.[C-]#[N+]C(C)(CCC(=O)CCC#C)N=NC(C)(C#N)CCC(=O)NCC#C.[C-]#[N+]C(C)(CCC(=O)O)N=NC(C)(C#N)CCC(=O)O. The Hall–Kier alpha value is -6.12. The molecule has 0 aromatic rings. The highest BCUT2D eigenvalue weighted by atomic mass is 16.4. The van der Waals surface area contributed by atoms with E-state index in [1.807, 2.05) is 12.1 Å². The summed E-state index contributed by atoms with van der Waals surface area (Å²) in [5.41, 5.74) is -0.393. The number of carbonyl (C=O) groups is 4. The predicted octanol–water partition coefficient (Wildman–Crippen LogP) is 4.31. The highest BCUT2D eigenvalue weighted by Crippen LogP contribution is 2.26. The van der Waals surface area contributed by atoms with Crippen molar-refractivity contribution in [1.82, 2.24) is 5.32 Å². The first kappa shape index (κ1) is 48.3. The van der Waals surface area contributed by atoms with Crippen molar-refractivity contribution in [3.05, 3.63) is 22.8 Å². The molecule has 4 unspecified atom stereocenters. The fourth-order valence-electron chi connectivity index (χ4n) is 2.95. The number of ketones is 1. The van der Waals surface area contributed by atoms with Crippen LogP contribution in [0.2, 0.25) is 0 Å². The lowest BCUT2D eigenvalue weighted by molar-refractivity contribution is -0.138. The summed E-state index contributed by atoms with van der Waals surface area (Å²) in [7, 11) is 0. The van der Waals surface area contributed by atoms with E-state index in [0.29, 0.717) is 13.0 Å². The highest BCUT2D eigenvalue weighted by molar-refractivity contribution is 5.78. The number of nitrogens with two attached hydrogens (primary N) is 1. The van der Waals surface area contributed by atoms with Crippen LogP contribution >= 0.6 is 0 Å². The highest BCUT2D eigenvalue weighted by Gasteiger charge is 2.34. The number of carboxylic acids is 2. The molecule has 0 heterocycles. The average molecular weight is 689 g/mol. The Kier molecular flexibility index (Phi) is 25.0. The molecule has 0 saturated carbocycles. The molecule has 0 fully saturated rings. The van der Waals surface area contributed by atoms with Crippen molar-refractivity contribution in [3.63, 3.8) is 0 Å². The van der Waals surface area contributed by atoms with Gasteiger partial charge >= 0.3 is 23.3 Å². The summed E-state index contributed by atoms with van der Waals surface area (Å²) >= 11 is 0. The van der Waals surface area contributed by atoms with E-state index in [4.69, 9.17) is 47.2 Å². The number of carboxylic acid groups (broad SMARTS) is 2. The minimum absolute atomic E-state index is 0.0320. The maximum atomic E-state index is 11.7. The van der Waals surface area contributed by atoms with E-state index in [1.54, 1.807) is 6.92 Å². The van der Waals surface area contributed by atoms with Crippen molar-refractivity contribution in [2.45, 2.75) is 114 Å². The topological polar surface area (TPSA) is 253 Å². The molecule has 0 aromatic carbocycles. The Morgan fingerprint density at radius 3 is 1.50 bits per heavy atom. The zero-order valence-corrected chi connectivity index (χ0v) is 28.9. The van der Waals surface area contributed by atoms with Gasteiger partial charge in [0.05, 0.1) is 44.5 Å². The molecular formula is C34H44N10O6. The largest absolute Gasteiger partial charge is 0.481 e. The van der Waals surface area contributed by atoms with Gasteiger partial charge in [0.15, 0.2) is 11.1 Å². The smallest absolute Gasteiger partial charge is 0.338 e. The molecule has 0 aromatic heterocycles. The fourth-order valence-corrected chi connectivity index (χ4v) is 2.95. The number of aliphatic carboxylic acids is 2. The molecule has 0 rings (SSSR count). The van der Waals surface area contributed by atoms with Gasteiger partial charge < -0.3 is 21.3 Å². The van der Waals surface area contributed by atoms with Gasteiger partial charge in [0.2, 0.25) is 5.91 Å². The molecule has 0 aliphatic rings. The van der Waals surface area contributed by atoms with Crippen LogP contribution in [0.25, 0.3) is 9.69 Å². The van der Waals surface area contributed by atoms with Gasteiger partial charge in [0, 0.05) is 46.0 Å². The summed E-state index contributed by atoms with van der Waals surface area (Å²) < 4.78 is 0. The van der Waals surface area contributed by atoms with E-state index >= 15 is 0 Å². The van der Waals surface area contributed by atoms with Gasteiger partial charge in [-0.2, -0.15) is 20.8 Å². The molecule has 266 valence electrons. The van der Waals surface area contributed by atoms with Gasteiger partial charge in [-0.1, -0.05) is 11.8 Å². The van der Waals surface area contributed by atoms with Crippen LogP contribution in [-0.2, 0) is 19.2 Å². The Morgan fingerprint density at radius 1 is 0.720 bits per heavy atom. The first-order valence-corrected chi connectivity index (χ1v) is 15.0. The number of azo groups is 2. The van der Waals surface area contributed by atoms with Crippen LogP contribution in [0.1, 0.15) is 91.9 Å². The molecule has 50 heavy (non-hydrogen) atoms. The van der Waals surface area contributed by atoms with Crippen LogP contribution in [0.15, 0.2) is 20.5 Å². The van der Waals surface area contributed by atoms with E-state index in [1.165, 1.54) is 20.8 Å². The maximum absolute atomic E-state index is 11.7. The second-order valence-electron chi connectivity index (χ2n) is 11.2. The molecule has 0 spiro atoms. The second kappa shape index (κ2) is 25.9. The molecular weight excluding hydrogens is 644 g/mol. The predicted molar refractivity (Wildman–Crippen MR) is 183 cm³/mol. The molecule has 0 radical (unpaired) electrons. The summed E-state index contributed by atoms with van der Waals surface area (Å²) in [5, 5.41) is 53.6. The number of nitrogens with zero attached hydrogens (tertiary/aromatic N) is 8. The lowest BCUT2D eigenvalue weighted by atomic mass is 9.98. The normalized spacial score (nSPS) is 14.7. The van der Waals surface area contributed by atoms with Crippen molar-refractivity contribution in [2.75, 3.05) is 13.1 Å². The molecule has 0 aliphatic carbocycles. The summed E-state index contributed by atoms with van der Waals surface area (Å²) in [5.74, 6) is 4.46. The first-order chi connectivity index (χ1) is 23.3. The van der Waals surface area contributed by atoms with Gasteiger partial charge in [0.25, 0.3) is 0 Å². The van der Waals surface area contributed by atoms with Crippen LogP contribution in [0.5, 0.6) is 0 Å². The van der Waals surface area contributed by atoms with Crippen molar-refractivity contribution >= 4 is 23.6 Å². The third kappa shape index (κ3) is 25.0. The molecule has 0 saturated heterocycles. The molecule has 0 bridgehead atoms. The lowest BCUT2D eigenvalue weighted by Crippen LogP contribution is -2.28. The van der Waals surface area contributed by atoms with Crippen molar-refractivity contribution in [3.8, 4) is 49.2 Å². The third-order valence-electron chi connectivity index (χ3n) is 6.34. The summed E-state index contributed by atoms with van der Waals surface area (Å²) in [6.45, 7) is 20.7. The maximum Gasteiger partial charge on any atom is 0.338 e. The molecule has 16 nitrogen and oxygen atoms in total. The van der Waals surface area contributed by atoms with Gasteiger partial charge in [0.1, 0.15) is 5.78 Å². The monoisotopic (exact) mass is 688 g/mol. The first-order valence-electron chi connectivity index (χ1n) is 15.0. The zero-order valence-electron chi connectivity index (χ0n) is 28.9. The van der Waals surface area contributed by atoms with Gasteiger partial charge in [-0.15, -0.1) is 35.4 Å². The number of nitrogens with one attached hydrogen (secondary N) is 1. The van der Waals surface area contributed by atoms with E-state index in [9.17, 15) is 24.4 Å². The number of amides is 1. The molecule has 16 heteroatoms. The van der Waals surface area contributed by atoms with Crippen LogP contribution in [-0.4, -0.2) is 69.3 Å². The van der Waals surface area contributed by atoms with Crippen molar-refractivity contribution in [1.29, 1.82) is 10.5 Å². The van der Waals surface area contributed by atoms with Gasteiger partial charge in [-0.05, 0) is 26.7 Å². The van der Waals surface area contributed by atoms with E-state index in [-0.39, 0.29) is 76.0 Å². The number of Topliss-reactive ketones (excluding diaryl/α,β-unsaturated/α-hetero) is 1. The zero-order chi connectivity index (χ0) is 39.3. The number of hydrogen-bond acceptors (Lipinski definition) is 11. The Morgan fingerprint density at radius 2 is 1.14 bits per heavy atom. The van der Waals surface area contributed by atoms with Crippen LogP contribution in [0, 0.1) is 72.8 Å². The number of terminal acetylenes is 3. The quantitative estimate of drug-likeness (QED) is 0.0855. The summed E-state index contributed by atoms with van der Waals surface area (Å²) in [6.07, 6.45) is 15.5. The molecule has 4 atom stereocenters. The average Bonchev–Trinajstić information content (AvgIpc) is 3.11. The van der Waals surface area contributed by atoms with Crippen molar-refractivity contribution in [2.24, 2.45) is 26.2 Å². The number of rotatable bonds is 19. The fraction of sp³-hybridized carbons (Fsp3) is 0.588. The van der Waals surface area contributed by atoms with Crippen LogP contribution < -0.4 is 11.1 Å². The summed E-state index contributed by atoms with van der Waals surface area (Å²) in [4.78, 5) is 51.0. The van der Waals surface area contributed by atoms with Crippen molar-refractivity contribution < 1.29 is 29.4 Å². The third-order valence-corrected chi connectivity index (χ3v) is 6.34. The molecule has 5 N–H and O–H groups in total. The van der Waals surface area contributed by atoms with Crippen LogP contribution in [0.4, 0.5) is 0 Å². The van der Waals surface area contributed by atoms with Gasteiger partial charge in [-0.3, -0.25) is 28.9 Å². The van der Waals surface area contributed by atoms with E-state index < -0.39 is 34.3 Å². The minimum Gasteiger partial charge on any atom is -0.481 e. The molecule has 0 aliphatic heterocycles. The number of carbonyl (C=O) groups excluding carboxylic acids is 2.